The Morgan fingerprint density at radius 3 is 2.44 bits per heavy atom. The molecule has 0 N–H and O–H groups in total. The van der Waals surface area contributed by atoms with Crippen molar-refractivity contribution in [3.8, 4) is 0 Å². The van der Waals surface area contributed by atoms with E-state index in [1.54, 1.807) is 0 Å². The second-order valence-electron chi connectivity index (χ2n) is 1.43. The molecule has 2 heteroatoms. The number of benzene rings is 1. The van der Waals surface area contributed by atoms with Gasteiger partial charge in [-0.1, -0.05) is 39.6 Å². The molecule has 0 radical (unpaired) electrons. The molecule has 0 heterocycles. The number of halogens is 2. The average molecular weight is 210 g/mol. The number of alkyl halides is 1. The van der Waals surface area contributed by atoms with Crippen molar-refractivity contribution < 1.29 is 5.48 Å². The molecular formula is C7H6BrCl. The van der Waals surface area contributed by atoms with Gasteiger partial charge < -0.3 is 0 Å². The van der Waals surface area contributed by atoms with E-state index in [2.05, 4.69) is 15.9 Å². The molecule has 48 valence electrons. The Labute approximate surface area is 73.6 Å². The van der Waals surface area contributed by atoms with Crippen LogP contribution >= 0.6 is 27.5 Å². The Balaban J connectivity index is 3.56. The minimum absolute atomic E-state index is 0.0807. The molecule has 0 atom stereocenters. The summed E-state index contributed by atoms with van der Waals surface area (Å²) >= 11 is 8.69. The van der Waals surface area contributed by atoms with Crippen LogP contribution in [-0.4, -0.2) is 0 Å². The molecule has 0 saturated heterocycles. The molecule has 0 saturated carbocycles. The molecule has 0 bridgehead atoms. The monoisotopic (exact) mass is 208 g/mol. The molecule has 1 aromatic rings. The summed E-state index contributed by atoms with van der Waals surface area (Å²) in [4.78, 5) is 0. The maximum atomic E-state index is 7.47. The Hall–Kier alpha value is -0.0100. The molecule has 0 spiro atoms. The highest BCUT2D eigenvalue weighted by molar-refractivity contribution is 9.08. The third-order valence-electron chi connectivity index (χ3n) is 0.780. The first-order chi connectivity index (χ1) is 6.00. The standard InChI is InChI=1S/C7H6BrCl/c8-5-6-1-3-7(9)4-2-6/h1-4H,5H2/i1D,2D,3D,4D. The van der Waals surface area contributed by atoms with Crippen LogP contribution in [0.3, 0.4) is 0 Å². The molecular weight excluding hydrogens is 199 g/mol. The van der Waals surface area contributed by atoms with Crippen LogP contribution in [0.4, 0.5) is 0 Å². The van der Waals surface area contributed by atoms with Crippen LogP contribution in [0.15, 0.2) is 24.2 Å². The van der Waals surface area contributed by atoms with Gasteiger partial charge in [0.1, 0.15) is 0 Å². The first-order valence-electron chi connectivity index (χ1n) is 4.31. The fraction of sp³-hybridized carbons (Fsp3) is 0.143. The van der Waals surface area contributed by atoms with Crippen LogP contribution in [0.25, 0.3) is 0 Å². The number of hydrogen-bond donors (Lipinski definition) is 0. The lowest BCUT2D eigenvalue weighted by Gasteiger charge is -1.92. The van der Waals surface area contributed by atoms with Gasteiger partial charge in [-0.05, 0) is 17.6 Å². The molecule has 0 aliphatic heterocycles. The van der Waals surface area contributed by atoms with Crippen LogP contribution in [0.5, 0.6) is 0 Å². The zero-order valence-electron chi connectivity index (χ0n) is 8.46. The van der Waals surface area contributed by atoms with E-state index in [4.69, 9.17) is 17.1 Å². The summed E-state index contributed by atoms with van der Waals surface area (Å²) in [5, 5.41) is 0.166. The SMILES string of the molecule is [2H]c1c([2H])c(CBr)c([2H])c([2H])c1Cl. The van der Waals surface area contributed by atoms with Crippen molar-refractivity contribution in [3.05, 3.63) is 34.8 Å². The van der Waals surface area contributed by atoms with Gasteiger partial charge in [0.2, 0.25) is 0 Å². The summed E-state index contributed by atoms with van der Waals surface area (Å²) in [7, 11) is 0. The van der Waals surface area contributed by atoms with E-state index in [1.165, 1.54) is 0 Å². The second kappa shape index (κ2) is 3.23. The van der Waals surface area contributed by atoms with Crippen molar-refractivity contribution in [1.29, 1.82) is 0 Å². The van der Waals surface area contributed by atoms with Gasteiger partial charge >= 0.3 is 0 Å². The van der Waals surface area contributed by atoms with Crippen LogP contribution in [0.2, 0.25) is 5.02 Å². The molecule has 9 heavy (non-hydrogen) atoms. The van der Waals surface area contributed by atoms with Crippen molar-refractivity contribution in [3.63, 3.8) is 0 Å². The molecule has 0 aliphatic carbocycles. The summed E-state index contributed by atoms with van der Waals surface area (Å²) in [5.41, 5.74) is 0.333. The highest BCUT2D eigenvalue weighted by Gasteiger charge is 1.87. The van der Waals surface area contributed by atoms with E-state index in [-0.39, 0.29) is 29.2 Å². The lowest BCUT2D eigenvalue weighted by molar-refractivity contribution is 1.44. The van der Waals surface area contributed by atoms with Gasteiger partial charge in [-0.25, -0.2) is 0 Å². The Morgan fingerprint density at radius 2 is 2.00 bits per heavy atom. The zero-order valence-corrected chi connectivity index (χ0v) is 6.80. The fourth-order valence-electron chi connectivity index (χ4n) is 0.390. The second-order valence-corrected chi connectivity index (χ2v) is 2.36. The summed E-state index contributed by atoms with van der Waals surface area (Å²) < 4.78 is 29.7. The minimum Gasteiger partial charge on any atom is -0.0876 e. The first-order valence-corrected chi connectivity index (χ1v) is 3.81. The highest BCUT2D eigenvalue weighted by atomic mass is 79.9. The molecule has 1 aromatic carbocycles. The molecule has 0 unspecified atom stereocenters. The van der Waals surface area contributed by atoms with Crippen molar-refractivity contribution in [2.24, 2.45) is 0 Å². The first kappa shape index (κ1) is 3.40. The normalized spacial score (nSPS) is 15.8. The van der Waals surface area contributed by atoms with E-state index in [1.807, 2.05) is 0 Å². The van der Waals surface area contributed by atoms with Gasteiger partial charge in [-0.2, -0.15) is 0 Å². The number of rotatable bonds is 1. The van der Waals surface area contributed by atoms with Crippen molar-refractivity contribution in [2.75, 3.05) is 0 Å². The summed E-state index contributed by atoms with van der Waals surface area (Å²) in [6.45, 7) is 0. The largest absolute Gasteiger partial charge is 0.0876 e. The maximum Gasteiger partial charge on any atom is 0.0639 e. The third kappa shape index (κ3) is 1.99. The van der Waals surface area contributed by atoms with Crippen LogP contribution < -0.4 is 0 Å². The molecule has 0 amide bonds. The zero-order chi connectivity index (χ0) is 10.2. The predicted octanol–water partition coefficient (Wildman–Crippen LogP) is 3.23. The Bertz CT molecular complexity index is 324. The summed E-state index contributed by atoms with van der Waals surface area (Å²) in [6, 6.07) is -0.528. The molecule has 0 nitrogen and oxygen atoms in total. The minimum atomic E-state index is -0.183. The average Bonchev–Trinajstić information content (AvgIpc) is 2.13. The molecule has 0 aromatic heterocycles. The van der Waals surface area contributed by atoms with E-state index >= 15 is 0 Å². The van der Waals surface area contributed by atoms with Gasteiger partial charge in [0, 0.05) is 10.4 Å². The lowest BCUT2D eigenvalue weighted by atomic mass is 10.2. The van der Waals surface area contributed by atoms with E-state index in [0.717, 1.165) is 0 Å². The quantitative estimate of drug-likeness (QED) is 0.623. The predicted molar refractivity (Wildman–Crippen MR) is 44.1 cm³/mol. The Morgan fingerprint density at radius 1 is 1.44 bits per heavy atom. The summed E-state index contributed by atoms with van der Waals surface area (Å²) in [6.07, 6.45) is 0. The van der Waals surface area contributed by atoms with Crippen molar-refractivity contribution in [2.45, 2.75) is 5.33 Å². The third-order valence-corrected chi connectivity index (χ3v) is 1.53. The van der Waals surface area contributed by atoms with Crippen LogP contribution in [-0.2, 0) is 5.33 Å². The van der Waals surface area contributed by atoms with Crippen LogP contribution in [0, 0.1) is 0 Å². The smallest absolute Gasteiger partial charge is 0.0639 e. The van der Waals surface area contributed by atoms with E-state index < -0.39 is 0 Å². The summed E-state index contributed by atoms with van der Waals surface area (Å²) in [5.74, 6) is 0. The molecule has 1 rings (SSSR count). The fourth-order valence-corrected chi connectivity index (χ4v) is 0.765. The molecule has 0 fully saturated rings. The molecule has 0 aliphatic rings. The van der Waals surface area contributed by atoms with Crippen molar-refractivity contribution >= 4 is 27.5 Å². The van der Waals surface area contributed by atoms with Crippen LogP contribution in [0.1, 0.15) is 11.0 Å². The maximum absolute atomic E-state index is 7.47. The van der Waals surface area contributed by atoms with E-state index in [0.29, 0.717) is 10.9 Å². The van der Waals surface area contributed by atoms with Gasteiger partial charge in [0.05, 0.1) is 5.48 Å². The topological polar surface area (TPSA) is 0 Å². The van der Waals surface area contributed by atoms with Gasteiger partial charge in [-0.3, -0.25) is 0 Å². The number of hydrogen-bond acceptors (Lipinski definition) is 0. The van der Waals surface area contributed by atoms with Crippen molar-refractivity contribution in [1.82, 2.24) is 0 Å². The van der Waals surface area contributed by atoms with Gasteiger partial charge in [0.15, 0.2) is 0 Å². The lowest BCUT2D eigenvalue weighted by Crippen LogP contribution is -1.72. The van der Waals surface area contributed by atoms with E-state index in [9.17, 15) is 0 Å². The van der Waals surface area contributed by atoms with Gasteiger partial charge in [0.25, 0.3) is 0 Å². The van der Waals surface area contributed by atoms with Gasteiger partial charge in [-0.15, -0.1) is 0 Å². The Kier molecular flexibility index (Phi) is 1.22. The highest BCUT2D eigenvalue weighted by Crippen LogP contribution is 2.11.